The van der Waals surface area contributed by atoms with Gasteiger partial charge in [0.05, 0.1) is 17.6 Å². The van der Waals surface area contributed by atoms with E-state index in [0.717, 1.165) is 24.8 Å². The Morgan fingerprint density at radius 1 is 1.09 bits per heavy atom. The largest absolute Gasteiger partial charge is 0.453 e. The average molecular weight is 482 g/mol. The van der Waals surface area contributed by atoms with Gasteiger partial charge in [0.2, 0.25) is 10.0 Å². The van der Waals surface area contributed by atoms with E-state index in [2.05, 4.69) is 15.4 Å². The number of nitrogens with zero attached hydrogens (tertiary/aromatic N) is 1. The van der Waals surface area contributed by atoms with Crippen LogP contribution in [0.4, 0.5) is 9.80 Å². The molecule has 2 N–H and O–H groups in total. The molecule has 0 saturated heterocycles. The summed E-state index contributed by atoms with van der Waals surface area (Å²) >= 11 is 1.20. The van der Waals surface area contributed by atoms with Crippen molar-refractivity contribution in [2.24, 2.45) is 0 Å². The number of thiophene rings is 1. The third-order valence-corrected chi connectivity index (χ3v) is 7.89. The summed E-state index contributed by atoms with van der Waals surface area (Å²) in [6, 6.07) is 5.58. The summed E-state index contributed by atoms with van der Waals surface area (Å²) in [7, 11) is -0.977. The van der Waals surface area contributed by atoms with Gasteiger partial charge in [-0.05, 0) is 50.1 Å². The molecule has 2 aromatic rings. The lowest BCUT2D eigenvalue weighted by Gasteiger charge is -2.17. The number of unbranched alkanes of at least 4 members (excludes halogenated alkanes) is 1. The van der Waals surface area contributed by atoms with Gasteiger partial charge in [-0.15, -0.1) is 11.3 Å². The molecule has 3 amide bonds. The highest BCUT2D eigenvalue weighted by atomic mass is 32.2. The van der Waals surface area contributed by atoms with E-state index >= 15 is 0 Å². The van der Waals surface area contributed by atoms with Crippen molar-refractivity contribution in [1.82, 2.24) is 9.62 Å². The molecule has 0 radical (unpaired) electrons. The first-order chi connectivity index (χ1) is 15.0. The molecular weight excluding hydrogens is 454 g/mol. The highest BCUT2D eigenvalue weighted by Crippen LogP contribution is 2.33. The molecular formula is C21H27N3O6S2. The van der Waals surface area contributed by atoms with Crippen LogP contribution in [-0.4, -0.2) is 51.3 Å². The molecule has 0 aliphatic rings. The molecule has 1 heterocycles. The van der Waals surface area contributed by atoms with Gasteiger partial charge in [-0.25, -0.2) is 17.5 Å². The zero-order valence-corrected chi connectivity index (χ0v) is 20.3. The van der Waals surface area contributed by atoms with Crippen LogP contribution in [0.15, 0.2) is 29.2 Å². The van der Waals surface area contributed by atoms with Crippen molar-refractivity contribution in [3.8, 4) is 0 Å². The first kappa shape index (κ1) is 25.5. The standard InChI is InChI=1S/C21H27N3O6S2/c1-6-7-12-24(4)32(28,29)16-10-8-15(9-11-16)18(25)22-20-17(13(2)14(3)31-20)19(26)23-21(27)30-5/h8-11H,6-7,12H2,1-5H3,(H,22,25)(H,23,26,27). The highest BCUT2D eigenvalue weighted by molar-refractivity contribution is 7.89. The Morgan fingerprint density at radius 2 is 1.72 bits per heavy atom. The first-order valence-electron chi connectivity index (χ1n) is 9.89. The molecule has 1 aromatic heterocycles. The quantitative estimate of drug-likeness (QED) is 0.595. The second kappa shape index (κ2) is 10.7. The number of ether oxygens (including phenoxy) is 1. The second-order valence-corrected chi connectivity index (χ2v) is 10.4. The summed E-state index contributed by atoms with van der Waals surface area (Å²) in [6.45, 7) is 5.89. The van der Waals surface area contributed by atoms with E-state index in [4.69, 9.17) is 0 Å². The Kier molecular flexibility index (Phi) is 8.53. The zero-order valence-electron chi connectivity index (χ0n) is 18.6. The van der Waals surface area contributed by atoms with Gasteiger partial charge in [0, 0.05) is 24.0 Å². The molecule has 174 valence electrons. The maximum absolute atomic E-state index is 12.7. The number of alkyl carbamates (subject to hydrolysis) is 1. The number of rotatable bonds is 8. The molecule has 0 bridgehead atoms. The minimum atomic E-state index is -3.64. The summed E-state index contributed by atoms with van der Waals surface area (Å²) in [5, 5.41) is 5.04. The Hall–Kier alpha value is -2.76. The van der Waals surface area contributed by atoms with Gasteiger partial charge in [0.25, 0.3) is 11.8 Å². The van der Waals surface area contributed by atoms with E-state index in [1.807, 2.05) is 6.92 Å². The predicted molar refractivity (Wildman–Crippen MR) is 123 cm³/mol. The molecule has 0 fully saturated rings. The molecule has 1 aromatic carbocycles. The van der Waals surface area contributed by atoms with Crippen molar-refractivity contribution in [1.29, 1.82) is 0 Å². The van der Waals surface area contributed by atoms with Crippen LogP contribution in [0.25, 0.3) is 0 Å². The molecule has 32 heavy (non-hydrogen) atoms. The van der Waals surface area contributed by atoms with E-state index < -0.39 is 27.9 Å². The molecule has 0 aliphatic carbocycles. The lowest BCUT2D eigenvalue weighted by Crippen LogP contribution is -2.31. The van der Waals surface area contributed by atoms with Crippen LogP contribution in [0, 0.1) is 13.8 Å². The van der Waals surface area contributed by atoms with Crippen LogP contribution in [0.3, 0.4) is 0 Å². The number of hydrogen-bond donors (Lipinski definition) is 2. The molecule has 0 unspecified atom stereocenters. The Balaban J connectivity index is 2.23. The number of anilines is 1. The lowest BCUT2D eigenvalue weighted by molar-refractivity contribution is 0.0937. The molecule has 9 nitrogen and oxygen atoms in total. The Labute approximate surface area is 191 Å². The number of methoxy groups -OCH3 is 1. The van der Waals surface area contributed by atoms with Crippen LogP contribution in [-0.2, 0) is 14.8 Å². The van der Waals surface area contributed by atoms with Gasteiger partial charge in [0.1, 0.15) is 5.00 Å². The van der Waals surface area contributed by atoms with E-state index in [9.17, 15) is 22.8 Å². The third-order valence-electron chi connectivity index (χ3n) is 4.89. The monoisotopic (exact) mass is 481 g/mol. The van der Waals surface area contributed by atoms with Crippen molar-refractivity contribution >= 4 is 44.3 Å². The fourth-order valence-corrected chi connectivity index (χ4v) is 5.09. The average Bonchev–Trinajstić information content (AvgIpc) is 3.04. The fraction of sp³-hybridized carbons (Fsp3) is 0.381. The van der Waals surface area contributed by atoms with Crippen molar-refractivity contribution in [3.63, 3.8) is 0 Å². The van der Waals surface area contributed by atoms with E-state index in [1.54, 1.807) is 13.8 Å². The Morgan fingerprint density at radius 3 is 2.28 bits per heavy atom. The van der Waals surface area contributed by atoms with Crippen LogP contribution in [0.2, 0.25) is 0 Å². The molecule has 0 saturated carbocycles. The fourth-order valence-electron chi connectivity index (χ4n) is 2.83. The summed E-state index contributed by atoms with van der Waals surface area (Å²) < 4.78 is 31.0. The van der Waals surface area contributed by atoms with Crippen molar-refractivity contribution in [2.45, 2.75) is 38.5 Å². The number of sulfonamides is 1. The predicted octanol–water partition coefficient (Wildman–Crippen LogP) is 3.53. The van der Waals surface area contributed by atoms with Crippen LogP contribution >= 0.6 is 11.3 Å². The Bertz CT molecular complexity index is 1110. The summed E-state index contributed by atoms with van der Waals surface area (Å²) in [5.41, 5.74) is 1.02. The number of amides is 3. The second-order valence-electron chi connectivity index (χ2n) is 7.09. The normalized spacial score (nSPS) is 11.3. The van der Waals surface area contributed by atoms with Crippen LogP contribution in [0.5, 0.6) is 0 Å². The zero-order chi connectivity index (χ0) is 24.1. The highest BCUT2D eigenvalue weighted by Gasteiger charge is 2.24. The first-order valence-corrected chi connectivity index (χ1v) is 12.2. The van der Waals surface area contributed by atoms with Gasteiger partial charge < -0.3 is 10.1 Å². The molecule has 0 atom stereocenters. The lowest BCUT2D eigenvalue weighted by atomic mass is 10.1. The number of imide groups is 1. The number of carbonyl (C=O) groups excluding carboxylic acids is 3. The maximum Gasteiger partial charge on any atom is 0.413 e. The minimum absolute atomic E-state index is 0.0913. The van der Waals surface area contributed by atoms with Crippen LogP contribution < -0.4 is 10.6 Å². The van der Waals surface area contributed by atoms with Crippen molar-refractivity contribution in [2.75, 3.05) is 26.0 Å². The summed E-state index contributed by atoms with van der Waals surface area (Å²) in [6.07, 6.45) is 0.721. The maximum atomic E-state index is 12.7. The number of hydrogen-bond acceptors (Lipinski definition) is 7. The SMILES string of the molecule is CCCCN(C)S(=O)(=O)c1ccc(C(=O)Nc2sc(C)c(C)c2C(=O)NC(=O)OC)cc1. The van der Waals surface area contributed by atoms with Gasteiger partial charge in [0.15, 0.2) is 0 Å². The van der Waals surface area contributed by atoms with E-state index in [-0.39, 0.29) is 21.0 Å². The number of carbonyl (C=O) groups is 3. The van der Waals surface area contributed by atoms with E-state index in [1.165, 1.54) is 47.0 Å². The summed E-state index contributed by atoms with van der Waals surface area (Å²) in [4.78, 5) is 37.5. The molecule has 0 spiro atoms. The minimum Gasteiger partial charge on any atom is -0.453 e. The van der Waals surface area contributed by atoms with Gasteiger partial charge in [-0.2, -0.15) is 0 Å². The molecule has 0 aliphatic heterocycles. The summed E-state index contributed by atoms with van der Waals surface area (Å²) in [5.74, 6) is -1.20. The third kappa shape index (κ3) is 5.72. The molecule has 2 rings (SSSR count). The van der Waals surface area contributed by atoms with E-state index in [0.29, 0.717) is 12.1 Å². The number of aryl methyl sites for hydroxylation is 1. The van der Waals surface area contributed by atoms with Gasteiger partial charge in [-0.3, -0.25) is 14.9 Å². The topological polar surface area (TPSA) is 122 Å². The number of benzene rings is 1. The van der Waals surface area contributed by atoms with Gasteiger partial charge in [-0.1, -0.05) is 13.3 Å². The van der Waals surface area contributed by atoms with Crippen molar-refractivity contribution in [3.05, 3.63) is 45.8 Å². The van der Waals surface area contributed by atoms with Gasteiger partial charge >= 0.3 is 6.09 Å². The number of nitrogens with one attached hydrogen (secondary N) is 2. The smallest absolute Gasteiger partial charge is 0.413 e. The van der Waals surface area contributed by atoms with Crippen LogP contribution in [0.1, 0.15) is 50.9 Å². The van der Waals surface area contributed by atoms with Crippen molar-refractivity contribution < 1.29 is 27.5 Å². The molecule has 11 heteroatoms.